The Bertz CT molecular complexity index is 1310. The molecule has 0 saturated carbocycles. The Morgan fingerprint density at radius 3 is 2.48 bits per heavy atom. The fourth-order valence-corrected chi connectivity index (χ4v) is 4.64. The van der Waals surface area contributed by atoms with Gasteiger partial charge < -0.3 is 9.47 Å². The molecular formula is C25H18ClF2NO3S. The van der Waals surface area contributed by atoms with E-state index >= 15 is 0 Å². The number of hydrogen-bond acceptors (Lipinski definition) is 5. The quantitative estimate of drug-likeness (QED) is 0.212. The van der Waals surface area contributed by atoms with Crippen molar-refractivity contribution in [1.82, 2.24) is 4.98 Å². The molecule has 0 N–H and O–H groups in total. The van der Waals surface area contributed by atoms with E-state index in [2.05, 4.69) is 4.98 Å². The fraction of sp³-hybridized carbons (Fsp3) is 0.120. The monoisotopic (exact) mass is 485 g/mol. The molecule has 4 rings (SSSR count). The number of esters is 1. The number of carbonyl (C=O) groups is 1. The molecule has 1 heterocycles. The Morgan fingerprint density at radius 2 is 1.73 bits per heavy atom. The summed E-state index contributed by atoms with van der Waals surface area (Å²) in [5.41, 5.74) is 1.28. The molecule has 4 nitrogen and oxygen atoms in total. The molecule has 0 aliphatic rings. The van der Waals surface area contributed by atoms with Gasteiger partial charge in [0.15, 0.2) is 0 Å². The van der Waals surface area contributed by atoms with Gasteiger partial charge in [-0.25, -0.2) is 18.6 Å². The SMILES string of the molecule is COC(=O)c1c(SCc2c(F)cccc2Cl)nc2ccccc2c1OCc1ccccc1F. The molecule has 0 unspecified atom stereocenters. The fourth-order valence-electron chi connectivity index (χ4n) is 3.27. The van der Waals surface area contributed by atoms with Gasteiger partial charge in [0.05, 0.1) is 12.6 Å². The van der Waals surface area contributed by atoms with Crippen LogP contribution in [0.3, 0.4) is 0 Å². The van der Waals surface area contributed by atoms with Crippen LogP contribution in [-0.2, 0) is 17.1 Å². The number of hydrogen-bond donors (Lipinski definition) is 0. The van der Waals surface area contributed by atoms with Gasteiger partial charge in [-0.1, -0.05) is 48.0 Å². The number of nitrogens with zero attached hydrogens (tertiary/aromatic N) is 1. The van der Waals surface area contributed by atoms with Crippen molar-refractivity contribution < 1.29 is 23.0 Å². The predicted molar refractivity (Wildman–Crippen MR) is 125 cm³/mol. The van der Waals surface area contributed by atoms with E-state index in [9.17, 15) is 13.6 Å². The Kier molecular flexibility index (Phi) is 7.11. The minimum absolute atomic E-state index is 0.0880. The average molecular weight is 486 g/mol. The van der Waals surface area contributed by atoms with Crippen LogP contribution in [0.2, 0.25) is 5.02 Å². The maximum atomic E-state index is 14.3. The summed E-state index contributed by atoms with van der Waals surface area (Å²) in [7, 11) is 1.25. The van der Waals surface area contributed by atoms with Gasteiger partial charge in [0.1, 0.15) is 34.6 Å². The molecule has 0 fully saturated rings. The van der Waals surface area contributed by atoms with Crippen molar-refractivity contribution in [3.8, 4) is 5.75 Å². The number of carbonyl (C=O) groups excluding carboxylic acids is 1. The van der Waals surface area contributed by atoms with Gasteiger partial charge in [0, 0.05) is 27.3 Å². The summed E-state index contributed by atoms with van der Waals surface area (Å²) >= 11 is 7.29. The van der Waals surface area contributed by atoms with Crippen molar-refractivity contribution in [1.29, 1.82) is 0 Å². The van der Waals surface area contributed by atoms with Crippen LogP contribution in [0.5, 0.6) is 5.75 Å². The first-order valence-corrected chi connectivity index (χ1v) is 11.3. The molecule has 4 aromatic rings. The van der Waals surface area contributed by atoms with E-state index in [1.807, 2.05) is 0 Å². The van der Waals surface area contributed by atoms with E-state index in [0.29, 0.717) is 27.1 Å². The highest BCUT2D eigenvalue weighted by molar-refractivity contribution is 7.98. The first-order chi connectivity index (χ1) is 16.0. The summed E-state index contributed by atoms with van der Waals surface area (Å²) in [5.74, 6) is -1.18. The van der Waals surface area contributed by atoms with Gasteiger partial charge >= 0.3 is 5.97 Å². The highest BCUT2D eigenvalue weighted by atomic mass is 35.5. The van der Waals surface area contributed by atoms with Crippen LogP contribution in [0, 0.1) is 11.6 Å². The first-order valence-electron chi connectivity index (χ1n) is 9.92. The molecule has 0 spiro atoms. The van der Waals surface area contributed by atoms with Crippen LogP contribution in [-0.4, -0.2) is 18.1 Å². The lowest BCUT2D eigenvalue weighted by Gasteiger charge is -2.17. The van der Waals surface area contributed by atoms with Gasteiger partial charge in [-0.05, 0) is 30.3 Å². The zero-order chi connectivity index (χ0) is 23.4. The highest BCUT2D eigenvalue weighted by Crippen LogP contribution is 2.38. The number of rotatable bonds is 7. The number of pyridine rings is 1. The standard InChI is InChI=1S/C25H18ClF2NO3S/c1-31-25(30)22-23(32-13-15-7-2-4-10-19(15)27)16-8-3-5-12-21(16)29-24(22)33-14-17-18(26)9-6-11-20(17)28/h2-12H,13-14H2,1H3. The third-order valence-corrected chi connectivity index (χ3v) is 6.30. The Labute approximate surface area is 198 Å². The minimum atomic E-state index is -0.668. The number of thioether (sulfide) groups is 1. The van der Waals surface area contributed by atoms with Crippen LogP contribution in [0.15, 0.2) is 71.8 Å². The molecule has 0 amide bonds. The van der Waals surface area contributed by atoms with E-state index in [4.69, 9.17) is 21.1 Å². The lowest BCUT2D eigenvalue weighted by atomic mass is 10.1. The third kappa shape index (κ3) is 4.94. The zero-order valence-corrected chi connectivity index (χ0v) is 19.1. The van der Waals surface area contributed by atoms with E-state index in [0.717, 1.165) is 11.8 Å². The van der Waals surface area contributed by atoms with Crippen LogP contribution >= 0.6 is 23.4 Å². The van der Waals surface area contributed by atoms with Crippen LogP contribution in [0.1, 0.15) is 21.5 Å². The third-order valence-electron chi connectivity index (χ3n) is 4.95. The Balaban J connectivity index is 1.79. The molecule has 0 saturated heterocycles. The van der Waals surface area contributed by atoms with Gasteiger partial charge in [0.2, 0.25) is 0 Å². The number of benzene rings is 3. The summed E-state index contributed by atoms with van der Waals surface area (Å²) in [6.45, 7) is -0.103. The molecule has 0 radical (unpaired) electrons. The molecular weight excluding hydrogens is 468 g/mol. The molecule has 1 aromatic heterocycles. The second-order valence-electron chi connectivity index (χ2n) is 7.00. The van der Waals surface area contributed by atoms with Crippen LogP contribution in [0.25, 0.3) is 10.9 Å². The maximum absolute atomic E-state index is 14.3. The normalized spacial score (nSPS) is 10.9. The van der Waals surface area contributed by atoms with Gasteiger partial charge in [-0.15, -0.1) is 11.8 Å². The molecule has 0 aliphatic carbocycles. The summed E-state index contributed by atoms with van der Waals surface area (Å²) in [6.07, 6.45) is 0. The second-order valence-corrected chi connectivity index (χ2v) is 8.37. The Hall–Kier alpha value is -3.16. The molecule has 168 valence electrons. The molecule has 0 atom stereocenters. The number of para-hydroxylation sites is 1. The first kappa shape index (κ1) is 23.0. The van der Waals surface area contributed by atoms with E-state index in [1.165, 1.54) is 25.3 Å². The smallest absolute Gasteiger partial charge is 0.344 e. The highest BCUT2D eigenvalue weighted by Gasteiger charge is 2.24. The lowest BCUT2D eigenvalue weighted by molar-refractivity contribution is 0.0590. The molecule has 3 aromatic carbocycles. The number of ether oxygens (including phenoxy) is 2. The summed E-state index contributed by atoms with van der Waals surface area (Å²) < 4.78 is 39.4. The number of fused-ring (bicyclic) bond motifs is 1. The molecule has 0 bridgehead atoms. The largest absolute Gasteiger partial charge is 0.487 e. The van der Waals surface area contributed by atoms with Crippen molar-refractivity contribution in [2.75, 3.05) is 7.11 Å². The molecule has 8 heteroatoms. The minimum Gasteiger partial charge on any atom is -0.487 e. The van der Waals surface area contributed by atoms with Gasteiger partial charge in [-0.3, -0.25) is 0 Å². The van der Waals surface area contributed by atoms with Crippen molar-refractivity contribution >= 4 is 40.2 Å². The van der Waals surface area contributed by atoms with Gasteiger partial charge in [-0.2, -0.15) is 0 Å². The molecule has 33 heavy (non-hydrogen) atoms. The van der Waals surface area contributed by atoms with Crippen molar-refractivity contribution in [3.63, 3.8) is 0 Å². The lowest BCUT2D eigenvalue weighted by Crippen LogP contribution is -2.10. The zero-order valence-electron chi connectivity index (χ0n) is 17.5. The van der Waals surface area contributed by atoms with E-state index in [-0.39, 0.29) is 28.7 Å². The van der Waals surface area contributed by atoms with Gasteiger partial charge in [0.25, 0.3) is 0 Å². The predicted octanol–water partition coefficient (Wildman–Crippen LogP) is 6.82. The van der Waals surface area contributed by atoms with Crippen molar-refractivity contribution in [2.45, 2.75) is 17.4 Å². The number of aromatic nitrogens is 1. The van der Waals surface area contributed by atoms with Crippen LogP contribution in [0.4, 0.5) is 8.78 Å². The van der Waals surface area contributed by atoms with E-state index < -0.39 is 17.6 Å². The summed E-state index contributed by atoms with van der Waals surface area (Å²) in [6, 6.07) is 17.8. The van der Waals surface area contributed by atoms with E-state index in [1.54, 1.807) is 48.5 Å². The average Bonchev–Trinajstić information content (AvgIpc) is 2.82. The summed E-state index contributed by atoms with van der Waals surface area (Å²) in [5, 5.41) is 1.14. The number of halogens is 3. The number of methoxy groups -OCH3 is 1. The molecule has 0 aliphatic heterocycles. The Morgan fingerprint density at radius 1 is 1.00 bits per heavy atom. The summed E-state index contributed by atoms with van der Waals surface area (Å²) in [4.78, 5) is 17.4. The second kappa shape index (κ2) is 10.2. The maximum Gasteiger partial charge on any atom is 0.344 e. The van der Waals surface area contributed by atoms with Crippen molar-refractivity contribution in [3.05, 3.63) is 100 Å². The van der Waals surface area contributed by atoms with Crippen molar-refractivity contribution in [2.24, 2.45) is 0 Å². The topological polar surface area (TPSA) is 48.4 Å². The van der Waals surface area contributed by atoms with Crippen LogP contribution < -0.4 is 4.74 Å².